The summed E-state index contributed by atoms with van der Waals surface area (Å²) in [4.78, 5) is 25.9. The summed E-state index contributed by atoms with van der Waals surface area (Å²) in [5, 5.41) is 12.2. The van der Waals surface area contributed by atoms with Crippen LogP contribution in [0, 0.1) is 23.0 Å². The quantitative estimate of drug-likeness (QED) is 0.850. The number of nitrogens with zero attached hydrogens (tertiary/aromatic N) is 1. The second kappa shape index (κ2) is 7.25. The fraction of sp³-hybridized carbons (Fsp3) is 0.529. The van der Waals surface area contributed by atoms with E-state index in [0.717, 1.165) is 25.0 Å². The van der Waals surface area contributed by atoms with Crippen LogP contribution in [0.15, 0.2) is 18.2 Å². The Hall–Kier alpha value is -1.73. The molecule has 2 aliphatic rings. The Morgan fingerprint density at radius 3 is 2.68 bits per heavy atom. The number of rotatable bonds is 4. The van der Waals surface area contributed by atoms with Gasteiger partial charge >= 0.3 is 5.97 Å². The topological polar surface area (TPSA) is 69.6 Å². The number of fused-ring (bicyclic) bond motifs is 1. The number of carbonyl (C=O) groups is 2. The molecular weight excluding hydrogens is 354 g/mol. The number of benzene rings is 1. The number of halogens is 3. The van der Waals surface area contributed by atoms with Gasteiger partial charge in [-0.05, 0) is 37.8 Å². The molecule has 2 N–H and O–H groups in total. The average molecular weight is 375 g/mol. The number of aliphatic carboxylic acids is 1. The molecule has 1 saturated carbocycles. The molecule has 1 aliphatic carbocycles. The molecule has 0 aromatic heterocycles. The fourth-order valence-electron chi connectivity index (χ4n) is 3.96. The van der Waals surface area contributed by atoms with Crippen LogP contribution in [0.25, 0.3) is 0 Å². The second-order valence-electron chi connectivity index (χ2n) is 6.77. The van der Waals surface area contributed by atoms with E-state index >= 15 is 0 Å². The summed E-state index contributed by atoms with van der Waals surface area (Å²) in [5.74, 6) is -3.09. The molecule has 3 rings (SSSR count). The Balaban J connectivity index is 0.00000225. The minimum absolute atomic E-state index is 0. The maximum atomic E-state index is 13.2. The number of hydrogen-bond donors (Lipinski definition) is 2. The van der Waals surface area contributed by atoms with Crippen LogP contribution in [0.3, 0.4) is 0 Å². The van der Waals surface area contributed by atoms with Gasteiger partial charge in [-0.15, -0.1) is 12.4 Å². The SMILES string of the molecule is CC(C(=O)Nc1ccc(F)c(F)c1)N1C[C@@H]2CCC[C@@]2(C(=O)O)C1.Cl. The van der Waals surface area contributed by atoms with Gasteiger partial charge in [0.05, 0.1) is 11.5 Å². The lowest BCUT2D eigenvalue weighted by Crippen LogP contribution is -2.43. The summed E-state index contributed by atoms with van der Waals surface area (Å²) in [6.07, 6.45) is 2.40. The molecule has 0 bridgehead atoms. The average Bonchev–Trinajstić information content (AvgIpc) is 3.08. The van der Waals surface area contributed by atoms with Crippen LogP contribution in [-0.2, 0) is 9.59 Å². The third-order valence-electron chi connectivity index (χ3n) is 5.44. The fourth-order valence-corrected chi connectivity index (χ4v) is 3.96. The zero-order valence-corrected chi connectivity index (χ0v) is 14.6. The highest BCUT2D eigenvalue weighted by Crippen LogP contribution is 2.49. The van der Waals surface area contributed by atoms with Crippen LogP contribution >= 0.6 is 12.4 Å². The molecule has 3 atom stereocenters. The lowest BCUT2D eigenvalue weighted by atomic mass is 9.81. The molecule has 2 fully saturated rings. The van der Waals surface area contributed by atoms with E-state index in [1.807, 2.05) is 4.90 Å². The van der Waals surface area contributed by atoms with Gasteiger partial charge in [0.2, 0.25) is 5.91 Å². The van der Waals surface area contributed by atoms with Crippen molar-refractivity contribution in [3.05, 3.63) is 29.8 Å². The van der Waals surface area contributed by atoms with Gasteiger partial charge in [0.25, 0.3) is 0 Å². The van der Waals surface area contributed by atoms with Gasteiger partial charge in [-0.1, -0.05) is 6.42 Å². The molecule has 0 spiro atoms. The highest BCUT2D eigenvalue weighted by molar-refractivity contribution is 5.94. The maximum Gasteiger partial charge on any atom is 0.311 e. The Morgan fingerprint density at radius 1 is 1.36 bits per heavy atom. The lowest BCUT2D eigenvalue weighted by molar-refractivity contribution is -0.149. The monoisotopic (exact) mass is 374 g/mol. The Labute approximate surface area is 150 Å². The van der Waals surface area contributed by atoms with E-state index in [1.54, 1.807) is 6.92 Å². The number of hydrogen-bond acceptors (Lipinski definition) is 3. The highest BCUT2D eigenvalue weighted by atomic mass is 35.5. The lowest BCUT2D eigenvalue weighted by Gasteiger charge is -2.26. The van der Waals surface area contributed by atoms with Crippen LogP contribution in [0.2, 0.25) is 0 Å². The van der Waals surface area contributed by atoms with Crippen molar-refractivity contribution in [3.8, 4) is 0 Å². The molecule has 0 radical (unpaired) electrons. The molecule has 1 aromatic rings. The first kappa shape index (κ1) is 19.6. The predicted octanol–water partition coefficient (Wildman–Crippen LogP) is 2.90. The van der Waals surface area contributed by atoms with Crippen LogP contribution in [0.5, 0.6) is 0 Å². The van der Waals surface area contributed by atoms with Crippen LogP contribution < -0.4 is 5.32 Å². The zero-order valence-electron chi connectivity index (χ0n) is 13.8. The Bertz CT molecular complexity index is 688. The Kier molecular flexibility index (Phi) is 5.68. The van der Waals surface area contributed by atoms with Crippen molar-refractivity contribution < 1.29 is 23.5 Å². The van der Waals surface area contributed by atoms with Crippen molar-refractivity contribution in [2.75, 3.05) is 18.4 Å². The van der Waals surface area contributed by atoms with Gasteiger partial charge in [0.15, 0.2) is 11.6 Å². The van der Waals surface area contributed by atoms with E-state index in [-0.39, 0.29) is 29.9 Å². The minimum atomic E-state index is -1.03. The summed E-state index contributed by atoms with van der Waals surface area (Å²) in [7, 11) is 0. The number of likely N-dealkylation sites (tertiary alicyclic amines) is 1. The summed E-state index contributed by atoms with van der Waals surface area (Å²) in [6, 6.07) is 2.63. The number of carboxylic acid groups (broad SMARTS) is 1. The predicted molar refractivity (Wildman–Crippen MR) is 90.7 cm³/mol. The molecule has 5 nitrogen and oxygen atoms in total. The number of amides is 1. The van der Waals surface area contributed by atoms with E-state index in [4.69, 9.17) is 0 Å². The summed E-state index contributed by atoms with van der Waals surface area (Å²) < 4.78 is 26.2. The van der Waals surface area contributed by atoms with Crippen LogP contribution in [-0.4, -0.2) is 41.0 Å². The van der Waals surface area contributed by atoms with Gasteiger partial charge in [0, 0.05) is 24.8 Å². The number of anilines is 1. The molecule has 138 valence electrons. The number of carbonyl (C=O) groups excluding carboxylic acids is 1. The summed E-state index contributed by atoms with van der Waals surface area (Å²) >= 11 is 0. The third-order valence-corrected chi connectivity index (χ3v) is 5.44. The van der Waals surface area contributed by atoms with Gasteiger partial charge in [-0.2, -0.15) is 0 Å². The van der Waals surface area contributed by atoms with Crippen LogP contribution in [0.4, 0.5) is 14.5 Å². The van der Waals surface area contributed by atoms with E-state index < -0.39 is 29.1 Å². The molecule has 1 saturated heterocycles. The first-order valence-electron chi connectivity index (χ1n) is 8.07. The van der Waals surface area contributed by atoms with Gasteiger partial charge in [0.1, 0.15) is 0 Å². The maximum absolute atomic E-state index is 13.2. The molecule has 1 amide bonds. The first-order valence-corrected chi connectivity index (χ1v) is 8.07. The van der Waals surface area contributed by atoms with E-state index in [1.165, 1.54) is 6.07 Å². The van der Waals surface area contributed by atoms with Crippen molar-refractivity contribution in [2.24, 2.45) is 11.3 Å². The highest BCUT2D eigenvalue weighted by Gasteiger charge is 2.55. The van der Waals surface area contributed by atoms with Crippen molar-refractivity contribution in [2.45, 2.75) is 32.2 Å². The van der Waals surface area contributed by atoms with Gasteiger partial charge in [-0.3, -0.25) is 14.5 Å². The number of nitrogens with one attached hydrogen (secondary N) is 1. The zero-order chi connectivity index (χ0) is 17.5. The van der Waals surface area contributed by atoms with Crippen molar-refractivity contribution in [3.63, 3.8) is 0 Å². The number of carboxylic acids is 1. The first-order chi connectivity index (χ1) is 11.3. The molecule has 25 heavy (non-hydrogen) atoms. The van der Waals surface area contributed by atoms with Gasteiger partial charge in [-0.25, -0.2) is 8.78 Å². The van der Waals surface area contributed by atoms with E-state index in [0.29, 0.717) is 19.5 Å². The summed E-state index contributed by atoms with van der Waals surface area (Å²) in [5.41, 5.74) is -0.575. The minimum Gasteiger partial charge on any atom is -0.481 e. The second-order valence-corrected chi connectivity index (χ2v) is 6.77. The smallest absolute Gasteiger partial charge is 0.311 e. The molecule has 1 aliphatic heterocycles. The normalized spacial score (nSPS) is 26.6. The third kappa shape index (κ3) is 3.48. The largest absolute Gasteiger partial charge is 0.481 e. The van der Waals surface area contributed by atoms with Crippen molar-refractivity contribution >= 4 is 30.0 Å². The molecule has 1 aromatic carbocycles. The molecule has 8 heteroatoms. The van der Waals surface area contributed by atoms with E-state index in [9.17, 15) is 23.5 Å². The van der Waals surface area contributed by atoms with Gasteiger partial charge < -0.3 is 10.4 Å². The molecule has 1 heterocycles. The van der Waals surface area contributed by atoms with Crippen molar-refractivity contribution in [1.82, 2.24) is 4.90 Å². The van der Waals surface area contributed by atoms with Crippen molar-refractivity contribution in [1.29, 1.82) is 0 Å². The molecule has 1 unspecified atom stereocenters. The van der Waals surface area contributed by atoms with E-state index in [2.05, 4.69) is 5.32 Å². The Morgan fingerprint density at radius 2 is 2.08 bits per heavy atom. The summed E-state index contributed by atoms with van der Waals surface area (Å²) in [6.45, 7) is 2.61. The van der Waals surface area contributed by atoms with Crippen LogP contribution in [0.1, 0.15) is 26.2 Å². The molecular formula is C17H21ClF2N2O3. The standard InChI is InChI=1S/C17H20F2N2O3.ClH/c1-10(15(22)20-12-4-5-13(18)14(19)7-12)21-8-11-3-2-6-17(11,9-21)16(23)24;/h4-5,7,10-11H,2-3,6,8-9H2,1H3,(H,20,22)(H,23,24);1H/t10?,11-,17+;/m0./s1.